The molecule has 48 heavy (non-hydrogen) atoms. The van der Waals surface area contributed by atoms with Gasteiger partial charge in [0.1, 0.15) is 0 Å². The van der Waals surface area contributed by atoms with Gasteiger partial charge in [-0.25, -0.2) is 0 Å². The van der Waals surface area contributed by atoms with Gasteiger partial charge in [0.05, 0.1) is 0 Å². The van der Waals surface area contributed by atoms with Crippen LogP contribution in [0.5, 0.6) is 0 Å². The van der Waals surface area contributed by atoms with E-state index in [0.29, 0.717) is 11.2 Å². The van der Waals surface area contributed by atoms with Gasteiger partial charge >= 0.3 is 0 Å². The van der Waals surface area contributed by atoms with Crippen molar-refractivity contribution in [3.63, 3.8) is 0 Å². The van der Waals surface area contributed by atoms with Gasteiger partial charge in [0.15, 0.2) is 0 Å². The van der Waals surface area contributed by atoms with Crippen LogP contribution in [-0.2, 0) is 0 Å². The summed E-state index contributed by atoms with van der Waals surface area (Å²) in [5.41, 5.74) is 14.6. The zero-order valence-electron chi connectivity index (χ0n) is 26.0. The molecular formula is C44H29IS3. The van der Waals surface area contributed by atoms with Gasteiger partial charge in [-0.1, -0.05) is 132 Å². The molecule has 230 valence electrons. The fourth-order valence-corrected chi connectivity index (χ4v) is 12.2. The summed E-state index contributed by atoms with van der Waals surface area (Å²) in [6, 6.07) is 37.8. The lowest BCUT2D eigenvalue weighted by Gasteiger charge is -2.17. The molecule has 0 spiro atoms. The average molecular weight is 781 g/mol. The molecule has 3 unspecified atom stereocenters. The zero-order chi connectivity index (χ0) is 32.2. The van der Waals surface area contributed by atoms with E-state index in [2.05, 4.69) is 174 Å². The summed E-state index contributed by atoms with van der Waals surface area (Å²) in [5, 5.41) is 5.76. The Morgan fingerprint density at radius 3 is 2.33 bits per heavy atom. The van der Waals surface area contributed by atoms with Crippen LogP contribution < -0.4 is 0 Å². The molecular weight excluding hydrogens is 752 g/mol. The Labute approximate surface area is 306 Å². The van der Waals surface area contributed by atoms with Crippen molar-refractivity contribution < 1.29 is 0 Å². The molecule has 0 saturated heterocycles. The molecule has 3 heterocycles. The second-order valence-corrected chi connectivity index (χ2v) is 17.1. The third-order valence-corrected chi connectivity index (χ3v) is 14.3. The lowest BCUT2D eigenvalue weighted by atomic mass is 9.86. The molecule has 0 fully saturated rings. The predicted octanol–water partition coefficient (Wildman–Crippen LogP) is 14.1. The Morgan fingerprint density at radius 1 is 0.750 bits per heavy atom. The number of halogens is 1. The van der Waals surface area contributed by atoms with Crippen LogP contribution >= 0.6 is 57.0 Å². The van der Waals surface area contributed by atoms with Crippen molar-refractivity contribution in [2.75, 3.05) is 0 Å². The maximum atomic E-state index is 4.18. The predicted molar refractivity (Wildman–Crippen MR) is 221 cm³/mol. The quantitative estimate of drug-likeness (QED) is 0.0701. The fraction of sp³-hybridized carbons (Fsp3) is 0.0909. The number of allylic oxidation sites excluding steroid dienone is 5. The maximum Gasteiger partial charge on any atom is 0.0420 e. The minimum Gasteiger partial charge on any atom is -0.135 e. The van der Waals surface area contributed by atoms with Crippen LogP contribution in [0.15, 0.2) is 156 Å². The van der Waals surface area contributed by atoms with E-state index in [9.17, 15) is 0 Å². The van der Waals surface area contributed by atoms with Gasteiger partial charge < -0.3 is 0 Å². The largest absolute Gasteiger partial charge is 0.135 e. The van der Waals surface area contributed by atoms with Crippen LogP contribution in [-0.4, -0.2) is 5.25 Å². The molecule has 3 atom stereocenters. The number of alkyl halides is 1. The zero-order valence-corrected chi connectivity index (χ0v) is 30.6. The number of rotatable bonds is 6. The Bertz CT molecular complexity index is 2600. The Balaban J connectivity index is 1.21. The Morgan fingerprint density at radius 2 is 1.46 bits per heavy atom. The van der Waals surface area contributed by atoms with Crippen molar-refractivity contribution in [1.29, 1.82) is 0 Å². The highest BCUT2D eigenvalue weighted by Gasteiger charge is 2.33. The summed E-state index contributed by atoms with van der Waals surface area (Å²) in [7, 11) is 0. The molecule has 5 aromatic carbocycles. The summed E-state index contributed by atoms with van der Waals surface area (Å²) in [4.78, 5) is 1.35. The summed E-state index contributed by atoms with van der Waals surface area (Å²) in [6.45, 7) is 4.18. The second kappa shape index (κ2) is 12.5. The summed E-state index contributed by atoms with van der Waals surface area (Å²) >= 11 is 8.40. The number of hydrogen-bond acceptors (Lipinski definition) is 3. The molecule has 7 aromatic rings. The molecule has 2 aromatic heterocycles. The molecule has 0 amide bonds. The van der Waals surface area contributed by atoms with Crippen LogP contribution in [0.1, 0.15) is 38.5 Å². The van der Waals surface area contributed by atoms with Gasteiger partial charge in [-0.15, -0.1) is 45.9 Å². The monoisotopic (exact) mass is 780 g/mol. The minimum absolute atomic E-state index is 0.254. The van der Waals surface area contributed by atoms with E-state index in [-0.39, 0.29) is 3.92 Å². The molecule has 0 radical (unpaired) electrons. The number of thiophene rings is 2. The third-order valence-electron chi connectivity index (χ3n) is 9.50. The number of hydrogen-bond donors (Lipinski definition) is 0. The SMILES string of the molecule is C=C=C(C=C=C(CC(I)c1cccc2c1sc1ccccc12)c1cccc2sc3ccccc3c12)c1cccc2c1C1C=CC=CC1S2. The molecule has 1 aliphatic carbocycles. The van der Waals surface area contributed by atoms with Gasteiger partial charge in [-0.05, 0) is 59.0 Å². The van der Waals surface area contributed by atoms with E-state index in [1.165, 1.54) is 73.1 Å². The van der Waals surface area contributed by atoms with Crippen LogP contribution in [0.4, 0.5) is 0 Å². The van der Waals surface area contributed by atoms with Gasteiger partial charge in [0.2, 0.25) is 0 Å². The highest BCUT2D eigenvalue weighted by molar-refractivity contribution is 14.1. The van der Waals surface area contributed by atoms with E-state index >= 15 is 0 Å². The maximum absolute atomic E-state index is 4.18. The van der Waals surface area contributed by atoms with Gasteiger partial charge in [0.25, 0.3) is 0 Å². The molecule has 0 bridgehead atoms. The summed E-state index contributed by atoms with van der Waals surface area (Å²) < 4.78 is 5.61. The number of thioether (sulfide) groups is 1. The fourth-order valence-electron chi connectivity index (χ4n) is 7.29. The first-order valence-corrected chi connectivity index (χ1v) is 19.9. The van der Waals surface area contributed by atoms with Crippen molar-refractivity contribution in [2.24, 2.45) is 0 Å². The van der Waals surface area contributed by atoms with E-state index in [1.807, 2.05) is 34.4 Å². The minimum atomic E-state index is 0.254. The van der Waals surface area contributed by atoms with Crippen molar-refractivity contribution in [3.8, 4) is 0 Å². The molecule has 1 aliphatic heterocycles. The lowest BCUT2D eigenvalue weighted by molar-refractivity contribution is 0.877. The van der Waals surface area contributed by atoms with Gasteiger partial charge in [-0.2, -0.15) is 0 Å². The van der Waals surface area contributed by atoms with Crippen molar-refractivity contribution >= 4 is 109 Å². The van der Waals surface area contributed by atoms with E-state index in [0.717, 1.165) is 12.0 Å². The van der Waals surface area contributed by atoms with E-state index < -0.39 is 0 Å². The van der Waals surface area contributed by atoms with Crippen LogP contribution in [0.25, 0.3) is 51.5 Å². The normalized spacial score (nSPS) is 16.9. The Kier molecular flexibility index (Phi) is 7.90. The smallest absolute Gasteiger partial charge is 0.0420 e. The lowest BCUT2D eigenvalue weighted by Crippen LogP contribution is -2.08. The molecule has 0 N–H and O–H groups in total. The van der Waals surface area contributed by atoms with Gasteiger partial charge in [-0.3, -0.25) is 0 Å². The van der Waals surface area contributed by atoms with E-state index in [1.54, 1.807) is 0 Å². The van der Waals surface area contributed by atoms with Gasteiger partial charge in [0, 0.05) is 71.5 Å². The standard InChI is InChI=1S/C44H29IS3/c1-2-27(29-15-10-22-40-42(29)34-13-4-7-20-38(34)46-40)24-25-28(30-16-11-23-41-43(30)35-14-5-8-21-39(35)47-41)26-36(45)33-18-9-17-32-31-12-3-6-19-37(31)48-44(32)33/h3-24,34,36,38H,1,26H2. The molecule has 9 rings (SSSR count). The first kappa shape index (κ1) is 30.2. The molecule has 0 nitrogen and oxygen atoms in total. The van der Waals surface area contributed by atoms with Crippen molar-refractivity contribution in [1.82, 2.24) is 0 Å². The second-order valence-electron chi connectivity index (χ2n) is 12.2. The molecule has 4 heteroatoms. The number of fused-ring (bicyclic) bond motifs is 9. The summed E-state index contributed by atoms with van der Waals surface area (Å²) in [5.74, 6) is 0.359. The third kappa shape index (κ3) is 5.11. The highest BCUT2D eigenvalue weighted by Crippen LogP contribution is 2.51. The topological polar surface area (TPSA) is 0 Å². The summed E-state index contributed by atoms with van der Waals surface area (Å²) in [6.07, 6.45) is 12.0. The average Bonchev–Trinajstić information content (AvgIpc) is 3.82. The first-order chi connectivity index (χ1) is 23.7. The van der Waals surface area contributed by atoms with Crippen LogP contribution in [0, 0.1) is 0 Å². The molecule has 2 aliphatic rings. The van der Waals surface area contributed by atoms with Crippen LogP contribution in [0.3, 0.4) is 0 Å². The molecule has 0 saturated carbocycles. The first-order valence-electron chi connectivity index (χ1n) is 16.1. The van der Waals surface area contributed by atoms with Crippen molar-refractivity contribution in [3.05, 3.63) is 174 Å². The number of benzene rings is 5. The van der Waals surface area contributed by atoms with Crippen molar-refractivity contribution in [2.45, 2.75) is 26.4 Å². The van der Waals surface area contributed by atoms with Crippen LogP contribution in [0.2, 0.25) is 0 Å². The highest BCUT2D eigenvalue weighted by atomic mass is 127. The Hall–Kier alpha value is -3.86. The van der Waals surface area contributed by atoms with E-state index in [4.69, 9.17) is 0 Å².